The Morgan fingerprint density at radius 2 is 2.36 bits per heavy atom. The Bertz CT molecular complexity index is 750. The predicted octanol–water partition coefficient (Wildman–Crippen LogP) is 2.56. The number of methoxy groups -OCH3 is 1. The number of hydrogen-bond acceptors (Lipinski definition) is 5. The second kappa shape index (κ2) is 8.15. The second-order valence-electron chi connectivity index (χ2n) is 6.37. The van der Waals surface area contributed by atoms with E-state index in [9.17, 15) is 5.26 Å². The van der Waals surface area contributed by atoms with E-state index in [0.29, 0.717) is 23.8 Å². The van der Waals surface area contributed by atoms with Gasteiger partial charge in [0.05, 0.1) is 12.7 Å². The third kappa shape index (κ3) is 4.01. The Hall–Kier alpha value is -2.36. The highest BCUT2D eigenvalue weighted by atomic mass is 16.5. The van der Waals surface area contributed by atoms with Crippen molar-refractivity contribution in [1.29, 1.82) is 5.26 Å². The standard InChI is InChI=1S/C19H24N4O2/c1-23-8-7-22-19(23)18-15(4-3-9-25-18)13-21-12-14-5-6-17(24-2)16(10-14)11-20/h5-8,10,15,18,21H,3-4,9,12-13H2,1-2H3/t15-,18+/m0/s1. The fourth-order valence-corrected chi connectivity index (χ4v) is 3.34. The third-order valence-corrected chi connectivity index (χ3v) is 4.68. The van der Waals surface area contributed by atoms with Gasteiger partial charge in [-0.15, -0.1) is 0 Å². The van der Waals surface area contributed by atoms with Crippen molar-refractivity contribution in [3.63, 3.8) is 0 Å². The molecular formula is C19H24N4O2. The molecule has 3 rings (SSSR count). The number of rotatable bonds is 6. The van der Waals surface area contributed by atoms with E-state index in [1.165, 1.54) is 0 Å². The van der Waals surface area contributed by atoms with Gasteiger partial charge in [-0.05, 0) is 30.5 Å². The van der Waals surface area contributed by atoms with Gasteiger partial charge in [0.1, 0.15) is 23.7 Å². The Morgan fingerprint density at radius 3 is 3.08 bits per heavy atom. The molecule has 132 valence electrons. The van der Waals surface area contributed by atoms with Gasteiger partial charge >= 0.3 is 0 Å². The molecule has 1 N–H and O–H groups in total. The van der Waals surface area contributed by atoms with Crippen LogP contribution in [0.2, 0.25) is 0 Å². The lowest BCUT2D eigenvalue weighted by Crippen LogP contribution is -2.33. The number of hydrogen-bond donors (Lipinski definition) is 1. The van der Waals surface area contributed by atoms with E-state index >= 15 is 0 Å². The first-order valence-electron chi connectivity index (χ1n) is 8.59. The van der Waals surface area contributed by atoms with Crippen molar-refractivity contribution in [2.45, 2.75) is 25.5 Å². The minimum Gasteiger partial charge on any atom is -0.495 e. The maximum absolute atomic E-state index is 9.19. The van der Waals surface area contributed by atoms with Crippen molar-refractivity contribution >= 4 is 0 Å². The Kier molecular flexibility index (Phi) is 5.69. The van der Waals surface area contributed by atoms with Crippen LogP contribution in [0.5, 0.6) is 5.75 Å². The van der Waals surface area contributed by atoms with Crippen molar-refractivity contribution in [2.75, 3.05) is 20.3 Å². The summed E-state index contributed by atoms with van der Waals surface area (Å²) >= 11 is 0. The zero-order valence-electron chi connectivity index (χ0n) is 14.7. The summed E-state index contributed by atoms with van der Waals surface area (Å²) in [7, 11) is 3.58. The number of nitrogens with one attached hydrogen (secondary N) is 1. The van der Waals surface area contributed by atoms with Crippen LogP contribution in [0.1, 0.15) is 35.9 Å². The SMILES string of the molecule is COc1ccc(CNC[C@@H]2CCCO[C@H]2c2nccn2C)cc1C#N. The van der Waals surface area contributed by atoms with Crippen LogP contribution in [0.3, 0.4) is 0 Å². The molecule has 1 aliphatic rings. The summed E-state index contributed by atoms with van der Waals surface area (Å²) in [6, 6.07) is 7.88. The molecule has 0 amide bonds. The van der Waals surface area contributed by atoms with Crippen LogP contribution in [0, 0.1) is 17.2 Å². The molecule has 0 radical (unpaired) electrons. The number of nitrogens with zero attached hydrogens (tertiary/aromatic N) is 3. The normalized spacial score (nSPS) is 20.2. The number of nitriles is 1. The average molecular weight is 340 g/mol. The Morgan fingerprint density at radius 1 is 1.48 bits per heavy atom. The van der Waals surface area contributed by atoms with E-state index in [1.807, 2.05) is 42.2 Å². The molecule has 0 unspecified atom stereocenters. The van der Waals surface area contributed by atoms with Crippen molar-refractivity contribution < 1.29 is 9.47 Å². The van der Waals surface area contributed by atoms with Crippen LogP contribution in [-0.4, -0.2) is 29.8 Å². The maximum Gasteiger partial charge on any atom is 0.137 e. The molecule has 2 atom stereocenters. The molecule has 1 fully saturated rings. The lowest BCUT2D eigenvalue weighted by atomic mass is 9.93. The monoisotopic (exact) mass is 340 g/mol. The minimum atomic E-state index is 0.0341. The number of ether oxygens (including phenoxy) is 2. The zero-order chi connectivity index (χ0) is 17.6. The summed E-state index contributed by atoms with van der Waals surface area (Å²) in [6.45, 7) is 2.35. The minimum absolute atomic E-state index is 0.0341. The fourth-order valence-electron chi connectivity index (χ4n) is 3.34. The summed E-state index contributed by atoms with van der Waals surface area (Å²) in [5.74, 6) is 1.99. The maximum atomic E-state index is 9.19. The van der Waals surface area contributed by atoms with Crippen molar-refractivity contribution in [3.05, 3.63) is 47.5 Å². The molecule has 0 aliphatic carbocycles. The van der Waals surface area contributed by atoms with E-state index < -0.39 is 0 Å². The molecule has 25 heavy (non-hydrogen) atoms. The Balaban J connectivity index is 1.61. The van der Waals surface area contributed by atoms with Gasteiger partial charge in [0.15, 0.2) is 0 Å². The van der Waals surface area contributed by atoms with E-state index in [0.717, 1.165) is 37.4 Å². The Labute approximate surface area is 148 Å². The van der Waals surface area contributed by atoms with Crippen LogP contribution in [0.25, 0.3) is 0 Å². The first kappa shape index (κ1) is 17.5. The highest BCUT2D eigenvalue weighted by Gasteiger charge is 2.29. The molecule has 0 bridgehead atoms. The van der Waals surface area contributed by atoms with Crippen LogP contribution in [0.4, 0.5) is 0 Å². The molecule has 6 heteroatoms. The molecule has 0 spiro atoms. The molecular weight excluding hydrogens is 316 g/mol. The summed E-state index contributed by atoms with van der Waals surface area (Å²) in [5, 5.41) is 12.7. The smallest absolute Gasteiger partial charge is 0.137 e. The third-order valence-electron chi connectivity index (χ3n) is 4.68. The molecule has 2 heterocycles. The van der Waals surface area contributed by atoms with Gasteiger partial charge in [-0.3, -0.25) is 0 Å². The van der Waals surface area contributed by atoms with Gasteiger partial charge < -0.3 is 19.4 Å². The van der Waals surface area contributed by atoms with E-state index in [1.54, 1.807) is 7.11 Å². The van der Waals surface area contributed by atoms with Gasteiger partial charge in [0, 0.05) is 45.1 Å². The largest absolute Gasteiger partial charge is 0.495 e. The van der Waals surface area contributed by atoms with Gasteiger partial charge in [-0.1, -0.05) is 6.07 Å². The van der Waals surface area contributed by atoms with Crippen molar-refractivity contribution in [2.24, 2.45) is 13.0 Å². The van der Waals surface area contributed by atoms with E-state index in [-0.39, 0.29) is 6.10 Å². The molecule has 0 saturated carbocycles. The summed E-state index contributed by atoms with van der Waals surface area (Å²) in [5.41, 5.74) is 1.64. The lowest BCUT2D eigenvalue weighted by molar-refractivity contribution is -0.0344. The quantitative estimate of drug-likeness (QED) is 0.875. The molecule has 2 aromatic rings. The van der Waals surface area contributed by atoms with Crippen LogP contribution >= 0.6 is 0 Å². The van der Waals surface area contributed by atoms with E-state index in [4.69, 9.17) is 9.47 Å². The van der Waals surface area contributed by atoms with Gasteiger partial charge in [0.2, 0.25) is 0 Å². The predicted molar refractivity (Wildman–Crippen MR) is 94.0 cm³/mol. The average Bonchev–Trinajstić information content (AvgIpc) is 3.07. The summed E-state index contributed by atoms with van der Waals surface area (Å²) in [6.07, 6.45) is 6.01. The fraction of sp³-hybridized carbons (Fsp3) is 0.474. The first-order chi connectivity index (χ1) is 12.2. The van der Waals surface area contributed by atoms with Crippen LogP contribution < -0.4 is 10.1 Å². The zero-order valence-corrected chi connectivity index (χ0v) is 14.7. The molecule has 1 aliphatic heterocycles. The van der Waals surface area contributed by atoms with Crippen LogP contribution in [-0.2, 0) is 18.3 Å². The van der Waals surface area contributed by atoms with Gasteiger partial charge in [0.25, 0.3) is 0 Å². The highest BCUT2D eigenvalue weighted by Crippen LogP contribution is 2.32. The lowest BCUT2D eigenvalue weighted by Gasteiger charge is -2.31. The molecule has 1 aromatic heterocycles. The summed E-state index contributed by atoms with van der Waals surface area (Å²) < 4.78 is 13.2. The molecule has 6 nitrogen and oxygen atoms in total. The van der Waals surface area contributed by atoms with Gasteiger partial charge in [-0.25, -0.2) is 4.98 Å². The van der Waals surface area contributed by atoms with Crippen molar-refractivity contribution in [3.8, 4) is 11.8 Å². The van der Waals surface area contributed by atoms with E-state index in [2.05, 4.69) is 16.4 Å². The number of aryl methyl sites for hydroxylation is 1. The number of benzene rings is 1. The molecule has 1 aromatic carbocycles. The van der Waals surface area contributed by atoms with Crippen LogP contribution in [0.15, 0.2) is 30.6 Å². The molecule has 1 saturated heterocycles. The number of aromatic nitrogens is 2. The van der Waals surface area contributed by atoms with Gasteiger partial charge in [-0.2, -0.15) is 5.26 Å². The number of imidazole rings is 1. The topological polar surface area (TPSA) is 72.1 Å². The summed E-state index contributed by atoms with van der Waals surface area (Å²) in [4.78, 5) is 4.46. The first-order valence-corrected chi connectivity index (χ1v) is 8.59. The van der Waals surface area contributed by atoms with Crippen molar-refractivity contribution in [1.82, 2.24) is 14.9 Å². The highest BCUT2D eigenvalue weighted by molar-refractivity contribution is 5.45. The second-order valence-corrected chi connectivity index (χ2v) is 6.37.